The Kier molecular flexibility index (Phi) is 2.58. The quantitative estimate of drug-likeness (QED) is 0.816. The average Bonchev–Trinajstić information content (AvgIpc) is 2.95. The highest BCUT2D eigenvalue weighted by Crippen LogP contribution is 2.27. The van der Waals surface area contributed by atoms with Gasteiger partial charge in [0.05, 0.1) is 6.20 Å². The fraction of sp³-hybridized carbons (Fsp3) is 0.429. The summed E-state index contributed by atoms with van der Waals surface area (Å²) in [6, 6.07) is 1.96. The van der Waals surface area contributed by atoms with E-state index in [2.05, 4.69) is 9.55 Å². The van der Waals surface area contributed by atoms with Gasteiger partial charge in [-0.3, -0.25) is 4.79 Å². The monoisotopic (exact) mass is 244 g/mol. The number of hydrogen-bond donors (Lipinski definition) is 0. The number of fused-ring (bicyclic) bond motifs is 1. The van der Waals surface area contributed by atoms with Gasteiger partial charge < -0.3 is 8.98 Å². The molecule has 3 rings (SSSR count). The Morgan fingerprint density at radius 3 is 3.00 bits per heavy atom. The van der Waals surface area contributed by atoms with E-state index in [0.29, 0.717) is 12.3 Å². The summed E-state index contributed by atoms with van der Waals surface area (Å²) in [4.78, 5) is 16.1. The van der Waals surface area contributed by atoms with Gasteiger partial charge in [0.2, 0.25) is 5.89 Å². The van der Waals surface area contributed by atoms with Crippen molar-refractivity contribution < 1.29 is 9.21 Å². The summed E-state index contributed by atoms with van der Waals surface area (Å²) in [6.45, 7) is 3.93. The van der Waals surface area contributed by atoms with Gasteiger partial charge in [-0.2, -0.15) is 0 Å². The number of carbonyl (C=O) groups is 1. The lowest BCUT2D eigenvalue weighted by atomic mass is 9.96. The van der Waals surface area contributed by atoms with Crippen LogP contribution in [-0.2, 0) is 6.42 Å². The molecule has 0 radical (unpaired) electrons. The highest BCUT2D eigenvalue weighted by Gasteiger charge is 2.24. The zero-order valence-corrected chi connectivity index (χ0v) is 10.6. The predicted octanol–water partition coefficient (Wildman–Crippen LogP) is 2.91. The van der Waals surface area contributed by atoms with Gasteiger partial charge in [-0.05, 0) is 32.8 Å². The van der Waals surface area contributed by atoms with Gasteiger partial charge in [-0.25, -0.2) is 4.98 Å². The highest BCUT2D eigenvalue weighted by atomic mass is 16.4. The van der Waals surface area contributed by atoms with Crippen molar-refractivity contribution in [3.8, 4) is 0 Å². The fourth-order valence-electron chi connectivity index (χ4n) is 2.60. The molecule has 2 aromatic rings. The number of nitrogens with zero attached hydrogens (tertiary/aromatic N) is 2. The zero-order valence-electron chi connectivity index (χ0n) is 10.6. The number of rotatable bonds is 2. The Balaban J connectivity index is 2.00. The van der Waals surface area contributed by atoms with Crippen molar-refractivity contribution in [3.63, 3.8) is 0 Å². The molecule has 2 heterocycles. The van der Waals surface area contributed by atoms with Crippen molar-refractivity contribution in [1.29, 1.82) is 0 Å². The molecule has 0 bridgehead atoms. The minimum atomic E-state index is 0.0355. The Morgan fingerprint density at radius 1 is 1.44 bits per heavy atom. The van der Waals surface area contributed by atoms with Crippen LogP contribution in [0.25, 0.3) is 0 Å². The molecule has 0 aliphatic heterocycles. The molecule has 0 spiro atoms. The van der Waals surface area contributed by atoms with Gasteiger partial charge in [0.1, 0.15) is 11.8 Å². The Bertz CT molecular complexity index is 595. The SMILES string of the molecule is Cc1cnc(C(C)n2ccc3c2CCCC3=O)o1. The molecule has 1 atom stereocenters. The molecule has 0 aromatic carbocycles. The molecule has 1 aliphatic rings. The average molecular weight is 244 g/mol. The summed E-state index contributed by atoms with van der Waals surface area (Å²) < 4.78 is 7.68. The molecule has 4 nitrogen and oxygen atoms in total. The van der Waals surface area contributed by atoms with E-state index in [4.69, 9.17) is 4.42 Å². The van der Waals surface area contributed by atoms with E-state index in [1.807, 2.05) is 26.1 Å². The van der Waals surface area contributed by atoms with Crippen molar-refractivity contribution in [1.82, 2.24) is 9.55 Å². The van der Waals surface area contributed by atoms with Gasteiger partial charge >= 0.3 is 0 Å². The lowest BCUT2D eigenvalue weighted by Crippen LogP contribution is -2.16. The minimum absolute atomic E-state index is 0.0355. The summed E-state index contributed by atoms with van der Waals surface area (Å²) in [5, 5.41) is 0. The van der Waals surface area contributed by atoms with Crippen LogP contribution in [0, 0.1) is 6.92 Å². The second-order valence-electron chi connectivity index (χ2n) is 4.85. The maximum atomic E-state index is 11.8. The smallest absolute Gasteiger partial charge is 0.217 e. The van der Waals surface area contributed by atoms with E-state index < -0.39 is 0 Å². The van der Waals surface area contributed by atoms with E-state index in [0.717, 1.165) is 29.9 Å². The second kappa shape index (κ2) is 4.12. The molecular weight excluding hydrogens is 228 g/mol. The Morgan fingerprint density at radius 2 is 2.28 bits per heavy atom. The van der Waals surface area contributed by atoms with Gasteiger partial charge in [-0.1, -0.05) is 0 Å². The third-order valence-electron chi connectivity index (χ3n) is 3.56. The van der Waals surface area contributed by atoms with Crippen LogP contribution in [0.3, 0.4) is 0 Å². The number of aromatic nitrogens is 2. The molecule has 94 valence electrons. The van der Waals surface area contributed by atoms with Crippen LogP contribution in [0.4, 0.5) is 0 Å². The topological polar surface area (TPSA) is 48.0 Å². The van der Waals surface area contributed by atoms with E-state index in [1.165, 1.54) is 0 Å². The molecule has 1 aliphatic carbocycles. The lowest BCUT2D eigenvalue weighted by molar-refractivity contribution is 0.0971. The third kappa shape index (κ3) is 1.68. The van der Waals surface area contributed by atoms with Crippen LogP contribution in [0.1, 0.15) is 53.5 Å². The summed E-state index contributed by atoms with van der Waals surface area (Å²) in [5.74, 6) is 1.77. The fourth-order valence-corrected chi connectivity index (χ4v) is 2.60. The first-order chi connectivity index (χ1) is 8.66. The number of Topliss-reactive ketones (excluding diaryl/α,β-unsaturated/α-hetero) is 1. The molecule has 0 amide bonds. The minimum Gasteiger partial charge on any atom is -0.444 e. The molecule has 1 unspecified atom stereocenters. The first-order valence-electron chi connectivity index (χ1n) is 6.32. The van der Waals surface area contributed by atoms with E-state index in [9.17, 15) is 4.79 Å². The first kappa shape index (κ1) is 11.3. The number of oxazole rings is 1. The van der Waals surface area contributed by atoms with Crippen molar-refractivity contribution >= 4 is 5.78 Å². The van der Waals surface area contributed by atoms with E-state index in [-0.39, 0.29) is 11.8 Å². The third-order valence-corrected chi connectivity index (χ3v) is 3.56. The van der Waals surface area contributed by atoms with Gasteiger partial charge in [0.25, 0.3) is 0 Å². The maximum absolute atomic E-state index is 11.8. The number of hydrogen-bond acceptors (Lipinski definition) is 3. The van der Waals surface area contributed by atoms with Crippen molar-refractivity contribution in [3.05, 3.63) is 41.4 Å². The summed E-state index contributed by atoms with van der Waals surface area (Å²) in [6.07, 6.45) is 6.26. The molecule has 0 fully saturated rings. The molecule has 0 saturated heterocycles. The van der Waals surface area contributed by atoms with Crippen LogP contribution >= 0.6 is 0 Å². The number of ketones is 1. The molecule has 0 N–H and O–H groups in total. The number of carbonyl (C=O) groups excluding carboxylic acids is 1. The van der Waals surface area contributed by atoms with Gasteiger partial charge in [0.15, 0.2) is 5.78 Å². The van der Waals surface area contributed by atoms with E-state index in [1.54, 1.807) is 6.20 Å². The van der Waals surface area contributed by atoms with Gasteiger partial charge in [-0.15, -0.1) is 0 Å². The van der Waals surface area contributed by atoms with Crippen LogP contribution in [-0.4, -0.2) is 15.3 Å². The van der Waals surface area contributed by atoms with Crippen LogP contribution < -0.4 is 0 Å². The molecule has 2 aromatic heterocycles. The second-order valence-corrected chi connectivity index (χ2v) is 4.85. The summed E-state index contributed by atoms with van der Waals surface area (Å²) >= 11 is 0. The maximum Gasteiger partial charge on any atom is 0.217 e. The normalized spacial score (nSPS) is 16.7. The zero-order chi connectivity index (χ0) is 12.7. The Hall–Kier alpha value is -1.84. The molecule has 18 heavy (non-hydrogen) atoms. The first-order valence-corrected chi connectivity index (χ1v) is 6.32. The molecular formula is C14H16N2O2. The molecule has 4 heteroatoms. The predicted molar refractivity (Wildman–Crippen MR) is 66.8 cm³/mol. The standard InChI is InChI=1S/C14H16N2O2/c1-9-8-15-14(18-9)10(2)16-7-6-11-12(16)4-3-5-13(11)17/h6-8,10H,3-5H2,1-2H3. The van der Waals surface area contributed by atoms with Gasteiger partial charge in [0, 0.05) is 23.9 Å². The van der Waals surface area contributed by atoms with Crippen LogP contribution in [0.2, 0.25) is 0 Å². The van der Waals surface area contributed by atoms with Crippen molar-refractivity contribution in [2.24, 2.45) is 0 Å². The van der Waals surface area contributed by atoms with Crippen LogP contribution in [0.5, 0.6) is 0 Å². The van der Waals surface area contributed by atoms with Crippen molar-refractivity contribution in [2.75, 3.05) is 0 Å². The van der Waals surface area contributed by atoms with Crippen LogP contribution in [0.15, 0.2) is 22.9 Å². The largest absolute Gasteiger partial charge is 0.444 e. The molecule has 0 saturated carbocycles. The van der Waals surface area contributed by atoms with Crippen molar-refractivity contribution in [2.45, 2.75) is 39.2 Å². The van der Waals surface area contributed by atoms with E-state index >= 15 is 0 Å². The highest BCUT2D eigenvalue weighted by molar-refractivity contribution is 5.98. The summed E-state index contributed by atoms with van der Waals surface area (Å²) in [5.41, 5.74) is 1.99. The lowest BCUT2D eigenvalue weighted by Gasteiger charge is -2.18. The Labute approximate surface area is 106 Å². The summed E-state index contributed by atoms with van der Waals surface area (Å²) in [7, 11) is 0. The number of aryl methyl sites for hydroxylation is 1.